The van der Waals surface area contributed by atoms with Crippen LogP contribution in [0.15, 0.2) is 10.5 Å². The van der Waals surface area contributed by atoms with Crippen LogP contribution in [0.2, 0.25) is 0 Å². The molecule has 1 fully saturated rings. The van der Waals surface area contributed by atoms with Gasteiger partial charge in [-0.25, -0.2) is 13.4 Å². The number of nitrogens with zero attached hydrogens (tertiary/aromatic N) is 2. The third kappa shape index (κ3) is 2.81. The number of thiazole rings is 1. The van der Waals surface area contributed by atoms with E-state index < -0.39 is 10.0 Å². The van der Waals surface area contributed by atoms with E-state index in [-0.39, 0.29) is 5.25 Å². The molecule has 0 amide bonds. The quantitative estimate of drug-likeness (QED) is 0.504. The van der Waals surface area contributed by atoms with Crippen molar-refractivity contribution in [3.8, 4) is 0 Å². The molecular formula is C10H15N3O3S2. The number of anilines is 1. The molecular weight excluding hydrogens is 274 g/mol. The summed E-state index contributed by atoms with van der Waals surface area (Å²) in [6, 6.07) is 0. The third-order valence-electron chi connectivity index (χ3n) is 3.00. The summed E-state index contributed by atoms with van der Waals surface area (Å²) in [4.78, 5) is 4.08. The second kappa shape index (κ2) is 5.23. The number of hydrogen-bond acceptors (Lipinski definition) is 6. The van der Waals surface area contributed by atoms with Crippen molar-refractivity contribution < 1.29 is 13.6 Å². The fourth-order valence-electron chi connectivity index (χ4n) is 1.94. The second-order valence-electron chi connectivity index (χ2n) is 4.28. The summed E-state index contributed by atoms with van der Waals surface area (Å²) in [5.41, 5.74) is 0.837. The topological polar surface area (TPSA) is 91.7 Å². The normalized spacial score (nSPS) is 18.2. The van der Waals surface area contributed by atoms with Crippen LogP contribution in [0.5, 0.6) is 0 Å². The molecule has 1 aromatic rings. The van der Waals surface area contributed by atoms with Gasteiger partial charge in [-0.1, -0.05) is 18.0 Å². The van der Waals surface area contributed by atoms with E-state index in [0.717, 1.165) is 12.8 Å². The Bertz CT molecular complexity index is 544. The van der Waals surface area contributed by atoms with Gasteiger partial charge < -0.3 is 5.21 Å². The van der Waals surface area contributed by atoms with Crippen molar-refractivity contribution in [3.63, 3.8) is 0 Å². The van der Waals surface area contributed by atoms with Crippen molar-refractivity contribution in [1.82, 2.24) is 4.98 Å². The fourth-order valence-corrected chi connectivity index (χ4v) is 4.49. The molecule has 1 aliphatic rings. The molecule has 0 atom stereocenters. The smallest absolute Gasteiger partial charge is 0.237 e. The zero-order chi connectivity index (χ0) is 13.2. The van der Waals surface area contributed by atoms with E-state index >= 15 is 0 Å². The van der Waals surface area contributed by atoms with E-state index in [2.05, 4.69) is 14.9 Å². The lowest BCUT2D eigenvalue weighted by atomic mass is 10.3. The first-order valence-electron chi connectivity index (χ1n) is 5.69. The van der Waals surface area contributed by atoms with Gasteiger partial charge in [-0.2, -0.15) is 0 Å². The molecule has 100 valence electrons. The van der Waals surface area contributed by atoms with Gasteiger partial charge in [0.05, 0.1) is 5.25 Å². The lowest BCUT2D eigenvalue weighted by Gasteiger charge is -2.10. The summed E-state index contributed by atoms with van der Waals surface area (Å²) in [5, 5.41) is 13.3. The van der Waals surface area contributed by atoms with Gasteiger partial charge in [-0.05, 0) is 19.8 Å². The Morgan fingerprint density at radius 2 is 2.22 bits per heavy atom. The lowest BCUT2D eigenvalue weighted by Crippen LogP contribution is -2.25. The average molecular weight is 289 g/mol. The molecule has 8 heteroatoms. The standard InChI is InChI=1S/C10H15N3O3S2/c1-7(12-14)9-6-17-10(11-9)13-18(15,16)8-4-2-3-5-8/h6,8,14H,2-5H2,1H3,(H,11,13). The van der Waals surface area contributed by atoms with Crippen LogP contribution < -0.4 is 4.72 Å². The van der Waals surface area contributed by atoms with Gasteiger partial charge in [0.2, 0.25) is 10.0 Å². The van der Waals surface area contributed by atoms with Crippen LogP contribution >= 0.6 is 11.3 Å². The van der Waals surface area contributed by atoms with Crippen molar-refractivity contribution in [2.24, 2.45) is 5.16 Å². The van der Waals surface area contributed by atoms with Gasteiger partial charge in [0, 0.05) is 5.38 Å². The molecule has 18 heavy (non-hydrogen) atoms. The zero-order valence-corrected chi connectivity index (χ0v) is 11.6. The monoisotopic (exact) mass is 289 g/mol. The minimum Gasteiger partial charge on any atom is -0.411 e. The van der Waals surface area contributed by atoms with Crippen molar-refractivity contribution in [2.45, 2.75) is 37.9 Å². The van der Waals surface area contributed by atoms with Gasteiger partial charge >= 0.3 is 0 Å². The van der Waals surface area contributed by atoms with Crippen LogP contribution in [0.25, 0.3) is 0 Å². The first-order chi connectivity index (χ1) is 8.53. The summed E-state index contributed by atoms with van der Waals surface area (Å²) in [7, 11) is -3.34. The van der Waals surface area contributed by atoms with Crippen LogP contribution in [0.1, 0.15) is 38.3 Å². The van der Waals surface area contributed by atoms with Gasteiger partial charge in [0.1, 0.15) is 11.4 Å². The first kappa shape index (κ1) is 13.3. The maximum absolute atomic E-state index is 12.0. The molecule has 6 nitrogen and oxygen atoms in total. The molecule has 1 aromatic heterocycles. The Morgan fingerprint density at radius 3 is 2.83 bits per heavy atom. The van der Waals surface area contributed by atoms with Gasteiger partial charge in [-0.3, -0.25) is 4.72 Å². The van der Waals surface area contributed by atoms with Crippen LogP contribution in [0.3, 0.4) is 0 Å². The van der Waals surface area contributed by atoms with Gasteiger partial charge in [-0.15, -0.1) is 11.3 Å². The van der Waals surface area contributed by atoms with Crippen molar-refractivity contribution in [3.05, 3.63) is 11.1 Å². The molecule has 1 saturated carbocycles. The molecule has 1 aliphatic carbocycles. The van der Waals surface area contributed by atoms with Crippen molar-refractivity contribution in [1.29, 1.82) is 0 Å². The maximum Gasteiger partial charge on any atom is 0.237 e. The average Bonchev–Trinajstić information content (AvgIpc) is 2.97. The van der Waals surface area contributed by atoms with Crippen LogP contribution in [0.4, 0.5) is 5.13 Å². The summed E-state index contributed by atoms with van der Waals surface area (Å²) >= 11 is 1.19. The highest BCUT2D eigenvalue weighted by Crippen LogP contribution is 2.27. The highest BCUT2D eigenvalue weighted by atomic mass is 32.2. The summed E-state index contributed by atoms with van der Waals surface area (Å²) in [5.74, 6) is 0. The molecule has 0 unspecified atom stereocenters. The van der Waals surface area contributed by atoms with E-state index in [0.29, 0.717) is 29.4 Å². The number of oxime groups is 1. The maximum atomic E-state index is 12.0. The molecule has 0 saturated heterocycles. The van der Waals surface area contributed by atoms with E-state index in [1.807, 2.05) is 0 Å². The number of aromatic nitrogens is 1. The summed E-state index contributed by atoms with van der Waals surface area (Å²) in [6.07, 6.45) is 3.35. The molecule has 2 N–H and O–H groups in total. The predicted molar refractivity (Wildman–Crippen MR) is 70.9 cm³/mol. The molecule has 0 spiro atoms. The summed E-state index contributed by atoms with van der Waals surface area (Å²) < 4.78 is 26.6. The Labute approximate surface area is 110 Å². The summed E-state index contributed by atoms with van der Waals surface area (Å²) in [6.45, 7) is 1.60. The van der Waals surface area contributed by atoms with Crippen molar-refractivity contribution in [2.75, 3.05) is 4.72 Å². The second-order valence-corrected chi connectivity index (χ2v) is 7.10. The van der Waals surface area contributed by atoms with Crippen LogP contribution in [-0.4, -0.2) is 29.6 Å². The lowest BCUT2D eigenvalue weighted by molar-refractivity contribution is 0.319. The molecule has 1 heterocycles. The van der Waals surface area contributed by atoms with Gasteiger partial charge in [0.15, 0.2) is 5.13 Å². The Hall–Kier alpha value is -1.15. The van der Waals surface area contributed by atoms with Crippen molar-refractivity contribution >= 4 is 32.2 Å². The number of hydrogen-bond donors (Lipinski definition) is 2. The van der Waals surface area contributed by atoms with Crippen LogP contribution in [-0.2, 0) is 10.0 Å². The predicted octanol–water partition coefficient (Wildman–Crippen LogP) is 2.03. The van der Waals surface area contributed by atoms with E-state index in [4.69, 9.17) is 5.21 Å². The Balaban J connectivity index is 2.11. The zero-order valence-electron chi connectivity index (χ0n) is 9.96. The Morgan fingerprint density at radius 1 is 1.56 bits per heavy atom. The van der Waals surface area contributed by atoms with Gasteiger partial charge in [0.25, 0.3) is 0 Å². The van der Waals surface area contributed by atoms with E-state index in [9.17, 15) is 8.42 Å². The van der Waals surface area contributed by atoms with Crippen LogP contribution in [0, 0.1) is 0 Å². The SMILES string of the molecule is CC(=NO)c1csc(NS(=O)(=O)C2CCCC2)n1. The largest absolute Gasteiger partial charge is 0.411 e. The molecule has 0 radical (unpaired) electrons. The number of nitrogens with one attached hydrogen (secondary N) is 1. The molecule has 0 aliphatic heterocycles. The minimum absolute atomic E-state index is 0.308. The molecule has 0 bridgehead atoms. The third-order valence-corrected chi connectivity index (χ3v) is 5.71. The Kier molecular flexibility index (Phi) is 3.86. The number of rotatable bonds is 4. The first-order valence-corrected chi connectivity index (χ1v) is 8.11. The highest BCUT2D eigenvalue weighted by molar-refractivity contribution is 7.93. The highest BCUT2D eigenvalue weighted by Gasteiger charge is 2.29. The molecule has 2 rings (SSSR count). The van der Waals surface area contributed by atoms with E-state index in [1.54, 1.807) is 12.3 Å². The number of sulfonamides is 1. The minimum atomic E-state index is -3.34. The van der Waals surface area contributed by atoms with E-state index in [1.165, 1.54) is 11.3 Å². The fraction of sp³-hybridized carbons (Fsp3) is 0.600. The molecule has 0 aromatic carbocycles.